The Morgan fingerprint density at radius 3 is 2.50 bits per heavy atom. The van der Waals surface area contributed by atoms with Crippen LogP contribution in [0.2, 0.25) is 0 Å². The number of hydrogen-bond donors (Lipinski definition) is 1. The number of cyclic esters (lactones) is 1. The van der Waals surface area contributed by atoms with Crippen molar-refractivity contribution in [1.29, 1.82) is 0 Å². The summed E-state index contributed by atoms with van der Waals surface area (Å²) in [6.07, 6.45) is -0.343. The predicted molar refractivity (Wildman–Crippen MR) is 87.2 cm³/mol. The maximum atomic E-state index is 12.2. The highest BCUT2D eigenvalue weighted by Gasteiger charge is 2.23. The van der Waals surface area contributed by atoms with Crippen molar-refractivity contribution >= 4 is 39.3 Å². The second kappa shape index (κ2) is 6.19. The van der Waals surface area contributed by atoms with Gasteiger partial charge in [0.15, 0.2) is 0 Å². The van der Waals surface area contributed by atoms with Gasteiger partial charge in [0.2, 0.25) is 0 Å². The van der Waals surface area contributed by atoms with Gasteiger partial charge in [0.25, 0.3) is 5.91 Å². The van der Waals surface area contributed by atoms with Gasteiger partial charge in [-0.25, -0.2) is 4.79 Å². The van der Waals surface area contributed by atoms with Gasteiger partial charge in [0.1, 0.15) is 6.61 Å². The first-order valence-corrected chi connectivity index (χ1v) is 7.55. The van der Waals surface area contributed by atoms with Crippen molar-refractivity contribution in [3.8, 4) is 0 Å². The van der Waals surface area contributed by atoms with Gasteiger partial charge in [0, 0.05) is 15.8 Å². The van der Waals surface area contributed by atoms with E-state index in [0.29, 0.717) is 24.4 Å². The Morgan fingerprint density at radius 2 is 1.86 bits per heavy atom. The largest absolute Gasteiger partial charge is 0.447 e. The summed E-state index contributed by atoms with van der Waals surface area (Å²) < 4.78 is 5.64. The Morgan fingerprint density at radius 1 is 1.14 bits per heavy atom. The van der Waals surface area contributed by atoms with Gasteiger partial charge in [-0.2, -0.15) is 0 Å². The number of carbonyl (C=O) groups is 2. The zero-order chi connectivity index (χ0) is 15.5. The van der Waals surface area contributed by atoms with Crippen LogP contribution in [0.5, 0.6) is 0 Å². The smallest absolute Gasteiger partial charge is 0.414 e. The lowest BCUT2D eigenvalue weighted by molar-refractivity contribution is 0.102. The van der Waals surface area contributed by atoms with E-state index in [-0.39, 0.29) is 12.0 Å². The molecule has 0 aliphatic carbocycles. The van der Waals surface area contributed by atoms with Gasteiger partial charge in [0.05, 0.1) is 12.1 Å². The number of nitrogens with zero attached hydrogens (tertiary/aromatic N) is 1. The number of amides is 2. The predicted octanol–water partition coefficient (Wildman–Crippen LogP) is 3.66. The Kier molecular flexibility index (Phi) is 4.11. The second-order valence-electron chi connectivity index (χ2n) is 4.75. The molecule has 3 rings (SSSR count). The van der Waals surface area contributed by atoms with Crippen molar-refractivity contribution in [2.45, 2.75) is 0 Å². The fourth-order valence-electron chi connectivity index (χ4n) is 2.20. The van der Waals surface area contributed by atoms with Crippen molar-refractivity contribution in [2.24, 2.45) is 0 Å². The van der Waals surface area contributed by atoms with Crippen LogP contribution in [0.4, 0.5) is 16.2 Å². The molecule has 22 heavy (non-hydrogen) atoms. The van der Waals surface area contributed by atoms with Crippen LogP contribution in [0.25, 0.3) is 0 Å². The third-order valence-electron chi connectivity index (χ3n) is 3.32. The van der Waals surface area contributed by atoms with E-state index in [2.05, 4.69) is 21.2 Å². The van der Waals surface area contributed by atoms with Crippen molar-refractivity contribution in [3.05, 3.63) is 58.6 Å². The number of anilines is 2. The summed E-state index contributed by atoms with van der Waals surface area (Å²) in [6.45, 7) is 0.945. The molecule has 2 aromatic rings. The summed E-state index contributed by atoms with van der Waals surface area (Å²) in [5.41, 5.74) is 1.98. The molecule has 6 heteroatoms. The quantitative estimate of drug-likeness (QED) is 0.908. The van der Waals surface area contributed by atoms with E-state index in [1.165, 1.54) is 0 Å². The van der Waals surface area contributed by atoms with Crippen LogP contribution in [-0.4, -0.2) is 25.2 Å². The standard InChI is InChI=1S/C16H13BrN2O3/c17-14-4-2-1-3-13(14)15(20)18-11-5-7-12(8-6-11)19-9-10-22-16(19)21/h1-8H,9-10H2,(H,18,20). The molecule has 1 fully saturated rings. The topological polar surface area (TPSA) is 58.6 Å². The fraction of sp³-hybridized carbons (Fsp3) is 0.125. The number of benzene rings is 2. The van der Waals surface area contributed by atoms with E-state index in [1.54, 1.807) is 35.2 Å². The summed E-state index contributed by atoms with van der Waals surface area (Å²) in [4.78, 5) is 25.2. The number of ether oxygens (including phenoxy) is 1. The Bertz CT molecular complexity index is 716. The number of nitrogens with one attached hydrogen (secondary N) is 1. The Hall–Kier alpha value is -2.34. The Labute approximate surface area is 136 Å². The first-order valence-electron chi connectivity index (χ1n) is 6.75. The average molecular weight is 361 g/mol. The number of rotatable bonds is 3. The minimum atomic E-state index is -0.343. The monoisotopic (exact) mass is 360 g/mol. The molecule has 0 aromatic heterocycles. The summed E-state index contributed by atoms with van der Waals surface area (Å²) in [5.74, 6) is -0.194. The lowest BCUT2D eigenvalue weighted by Crippen LogP contribution is -2.23. The molecule has 0 bridgehead atoms. The molecule has 1 saturated heterocycles. The minimum Gasteiger partial charge on any atom is -0.447 e. The van der Waals surface area contributed by atoms with Crippen LogP contribution in [0.3, 0.4) is 0 Å². The van der Waals surface area contributed by atoms with Crippen LogP contribution in [0, 0.1) is 0 Å². The van der Waals surface area contributed by atoms with E-state index in [1.807, 2.05) is 18.2 Å². The van der Waals surface area contributed by atoms with E-state index in [4.69, 9.17) is 4.74 Å². The summed E-state index contributed by atoms with van der Waals surface area (Å²) in [6, 6.07) is 14.3. The van der Waals surface area contributed by atoms with Crippen molar-refractivity contribution in [1.82, 2.24) is 0 Å². The van der Waals surface area contributed by atoms with Gasteiger partial charge >= 0.3 is 6.09 Å². The molecule has 2 aromatic carbocycles. The zero-order valence-electron chi connectivity index (χ0n) is 11.6. The molecule has 0 spiro atoms. The van der Waals surface area contributed by atoms with E-state index < -0.39 is 0 Å². The third-order valence-corrected chi connectivity index (χ3v) is 4.01. The fourth-order valence-corrected chi connectivity index (χ4v) is 2.66. The van der Waals surface area contributed by atoms with Gasteiger partial charge in [-0.1, -0.05) is 12.1 Å². The van der Waals surface area contributed by atoms with Crippen LogP contribution >= 0.6 is 15.9 Å². The average Bonchev–Trinajstić information content (AvgIpc) is 2.94. The number of hydrogen-bond acceptors (Lipinski definition) is 3. The molecular formula is C16H13BrN2O3. The van der Waals surface area contributed by atoms with E-state index in [0.717, 1.165) is 10.2 Å². The highest BCUT2D eigenvalue weighted by molar-refractivity contribution is 9.10. The van der Waals surface area contributed by atoms with Crippen molar-refractivity contribution in [3.63, 3.8) is 0 Å². The molecule has 0 radical (unpaired) electrons. The number of carbonyl (C=O) groups excluding carboxylic acids is 2. The molecule has 5 nitrogen and oxygen atoms in total. The summed E-state index contributed by atoms with van der Waals surface area (Å²) in [7, 11) is 0. The van der Waals surface area contributed by atoms with Crippen LogP contribution in [-0.2, 0) is 4.74 Å². The third kappa shape index (κ3) is 2.96. The maximum Gasteiger partial charge on any atom is 0.414 e. The molecule has 1 aliphatic heterocycles. The molecule has 0 saturated carbocycles. The highest BCUT2D eigenvalue weighted by atomic mass is 79.9. The molecule has 2 amide bonds. The normalized spacial score (nSPS) is 13.9. The lowest BCUT2D eigenvalue weighted by Gasteiger charge is -2.13. The van der Waals surface area contributed by atoms with Crippen LogP contribution < -0.4 is 10.2 Å². The van der Waals surface area contributed by atoms with Gasteiger partial charge in [-0.15, -0.1) is 0 Å². The van der Waals surface area contributed by atoms with Gasteiger partial charge < -0.3 is 10.1 Å². The van der Waals surface area contributed by atoms with Crippen LogP contribution in [0.15, 0.2) is 53.0 Å². The Balaban J connectivity index is 1.72. The first kappa shape index (κ1) is 14.6. The van der Waals surface area contributed by atoms with E-state index in [9.17, 15) is 9.59 Å². The minimum absolute atomic E-state index is 0.194. The first-order chi connectivity index (χ1) is 10.6. The molecular weight excluding hydrogens is 348 g/mol. The molecule has 1 aliphatic rings. The zero-order valence-corrected chi connectivity index (χ0v) is 13.2. The second-order valence-corrected chi connectivity index (χ2v) is 5.60. The number of halogens is 1. The van der Waals surface area contributed by atoms with Gasteiger partial charge in [-0.05, 0) is 52.3 Å². The molecule has 1 N–H and O–H groups in total. The van der Waals surface area contributed by atoms with Gasteiger partial charge in [-0.3, -0.25) is 9.69 Å². The highest BCUT2D eigenvalue weighted by Crippen LogP contribution is 2.22. The van der Waals surface area contributed by atoms with Crippen LogP contribution in [0.1, 0.15) is 10.4 Å². The molecule has 112 valence electrons. The maximum absolute atomic E-state index is 12.2. The summed E-state index contributed by atoms with van der Waals surface area (Å²) in [5, 5.41) is 2.82. The lowest BCUT2D eigenvalue weighted by atomic mass is 10.2. The van der Waals surface area contributed by atoms with Crippen molar-refractivity contribution in [2.75, 3.05) is 23.4 Å². The molecule has 0 atom stereocenters. The molecule has 0 unspecified atom stereocenters. The summed E-state index contributed by atoms with van der Waals surface area (Å²) >= 11 is 3.35. The van der Waals surface area contributed by atoms with Crippen molar-refractivity contribution < 1.29 is 14.3 Å². The molecule has 1 heterocycles. The SMILES string of the molecule is O=C(Nc1ccc(N2CCOC2=O)cc1)c1ccccc1Br. The van der Waals surface area contributed by atoms with E-state index >= 15 is 0 Å².